The summed E-state index contributed by atoms with van der Waals surface area (Å²) in [6.45, 7) is 2.34. The quantitative estimate of drug-likeness (QED) is 0.919. The summed E-state index contributed by atoms with van der Waals surface area (Å²) in [6, 6.07) is 6.48. The van der Waals surface area contributed by atoms with Crippen LogP contribution >= 0.6 is 23.2 Å². The van der Waals surface area contributed by atoms with E-state index in [2.05, 4.69) is 5.32 Å². The molecule has 0 unspecified atom stereocenters. The summed E-state index contributed by atoms with van der Waals surface area (Å²) in [5, 5.41) is 3.22. The number of carbonyl (C=O) groups is 1. The van der Waals surface area contributed by atoms with Crippen LogP contribution in [0.5, 0.6) is 5.75 Å². The molecule has 0 saturated carbocycles. The molecule has 0 aliphatic carbocycles. The summed E-state index contributed by atoms with van der Waals surface area (Å²) in [4.78, 5) is 12.0. The van der Waals surface area contributed by atoms with Crippen LogP contribution in [0.4, 0.5) is 5.69 Å². The Hall–Kier alpha value is -1.65. The number of hydrogen-bond acceptors (Lipinski definition) is 3. The van der Waals surface area contributed by atoms with Gasteiger partial charge in [0.1, 0.15) is 5.75 Å². The fourth-order valence-electron chi connectivity index (χ4n) is 1.53. The van der Waals surface area contributed by atoms with Gasteiger partial charge in [-0.15, -0.1) is 0 Å². The van der Waals surface area contributed by atoms with Gasteiger partial charge in [-0.25, -0.2) is 0 Å². The summed E-state index contributed by atoms with van der Waals surface area (Å²) in [7, 11) is 0. The van der Waals surface area contributed by atoms with E-state index in [1.54, 1.807) is 18.2 Å². The molecule has 19 heavy (non-hydrogen) atoms. The molecule has 0 saturated heterocycles. The standard InChI is InChI=1S/C13H11Cl2NO3/c1-2-18-11-4-3-8(14)7-10(11)16-13(17)9-5-6-19-12(9)15/h3-7H,2H2,1H3,(H,16,17). The Morgan fingerprint density at radius 2 is 2.16 bits per heavy atom. The fourth-order valence-corrected chi connectivity index (χ4v) is 1.90. The van der Waals surface area contributed by atoms with E-state index in [1.165, 1.54) is 12.3 Å². The topological polar surface area (TPSA) is 51.5 Å². The molecule has 0 spiro atoms. The second-order valence-electron chi connectivity index (χ2n) is 3.64. The molecule has 0 atom stereocenters. The van der Waals surface area contributed by atoms with Gasteiger partial charge >= 0.3 is 0 Å². The third-order valence-electron chi connectivity index (χ3n) is 2.35. The van der Waals surface area contributed by atoms with Crippen molar-refractivity contribution >= 4 is 34.8 Å². The Balaban J connectivity index is 2.25. The van der Waals surface area contributed by atoms with Gasteiger partial charge < -0.3 is 14.5 Å². The number of rotatable bonds is 4. The van der Waals surface area contributed by atoms with Gasteiger partial charge in [-0.3, -0.25) is 4.79 Å². The SMILES string of the molecule is CCOc1ccc(Cl)cc1NC(=O)c1ccoc1Cl. The molecule has 0 radical (unpaired) electrons. The number of amides is 1. The minimum absolute atomic E-state index is 0.0393. The first-order valence-electron chi connectivity index (χ1n) is 5.58. The Labute approximate surface area is 120 Å². The van der Waals surface area contributed by atoms with Crippen molar-refractivity contribution in [3.05, 3.63) is 46.3 Å². The summed E-state index contributed by atoms with van der Waals surface area (Å²) in [5.74, 6) is 0.154. The van der Waals surface area contributed by atoms with Crippen LogP contribution in [-0.4, -0.2) is 12.5 Å². The molecule has 1 aromatic carbocycles. The third kappa shape index (κ3) is 3.22. The maximum atomic E-state index is 12.0. The molecule has 0 aliphatic rings. The highest BCUT2D eigenvalue weighted by molar-refractivity contribution is 6.33. The minimum atomic E-state index is -0.387. The lowest BCUT2D eigenvalue weighted by Gasteiger charge is -2.11. The number of benzene rings is 1. The molecule has 100 valence electrons. The Bertz CT molecular complexity index is 595. The summed E-state index contributed by atoms with van der Waals surface area (Å²) >= 11 is 11.7. The second-order valence-corrected chi connectivity index (χ2v) is 4.42. The summed E-state index contributed by atoms with van der Waals surface area (Å²) < 4.78 is 10.3. The average molecular weight is 300 g/mol. The van der Waals surface area contributed by atoms with Crippen LogP contribution in [0.1, 0.15) is 17.3 Å². The normalized spacial score (nSPS) is 10.3. The van der Waals surface area contributed by atoms with E-state index in [4.69, 9.17) is 32.4 Å². The number of furan rings is 1. The molecular formula is C13H11Cl2NO3. The molecule has 0 aliphatic heterocycles. The summed E-state index contributed by atoms with van der Waals surface area (Å²) in [6.07, 6.45) is 1.35. The molecule has 1 aromatic heterocycles. The highest BCUT2D eigenvalue weighted by atomic mass is 35.5. The van der Waals surface area contributed by atoms with Gasteiger partial charge in [0.2, 0.25) is 5.22 Å². The number of halogens is 2. The van der Waals surface area contributed by atoms with Gasteiger partial charge in [-0.2, -0.15) is 0 Å². The maximum Gasteiger partial charge on any atom is 0.260 e. The number of ether oxygens (including phenoxy) is 1. The van der Waals surface area contributed by atoms with Crippen molar-refractivity contribution in [2.75, 3.05) is 11.9 Å². The van der Waals surface area contributed by atoms with Crippen LogP contribution in [0.25, 0.3) is 0 Å². The number of carbonyl (C=O) groups excluding carboxylic acids is 1. The van der Waals surface area contributed by atoms with E-state index in [1.807, 2.05) is 6.92 Å². The molecule has 1 amide bonds. The van der Waals surface area contributed by atoms with Crippen molar-refractivity contribution in [1.82, 2.24) is 0 Å². The van der Waals surface area contributed by atoms with Crippen molar-refractivity contribution in [3.63, 3.8) is 0 Å². The average Bonchev–Trinajstić information content (AvgIpc) is 2.79. The smallest absolute Gasteiger partial charge is 0.260 e. The molecule has 0 fully saturated rings. The molecule has 0 bridgehead atoms. The van der Waals surface area contributed by atoms with Crippen molar-refractivity contribution in [2.24, 2.45) is 0 Å². The van der Waals surface area contributed by atoms with E-state index >= 15 is 0 Å². The Morgan fingerprint density at radius 3 is 2.79 bits per heavy atom. The number of nitrogens with one attached hydrogen (secondary N) is 1. The van der Waals surface area contributed by atoms with Crippen molar-refractivity contribution in [2.45, 2.75) is 6.92 Å². The van der Waals surface area contributed by atoms with E-state index < -0.39 is 0 Å². The van der Waals surface area contributed by atoms with Gasteiger partial charge in [0.05, 0.1) is 24.1 Å². The first-order valence-corrected chi connectivity index (χ1v) is 6.34. The predicted octanol–water partition coefficient (Wildman–Crippen LogP) is 4.24. The minimum Gasteiger partial charge on any atom is -0.492 e. The first-order chi connectivity index (χ1) is 9.11. The zero-order chi connectivity index (χ0) is 13.8. The highest BCUT2D eigenvalue weighted by Gasteiger charge is 2.15. The molecule has 1 heterocycles. The third-order valence-corrected chi connectivity index (χ3v) is 2.88. The lowest BCUT2D eigenvalue weighted by molar-refractivity contribution is 0.102. The van der Waals surface area contributed by atoms with Gasteiger partial charge in [0.15, 0.2) is 0 Å². The zero-order valence-electron chi connectivity index (χ0n) is 10.1. The molecule has 6 heteroatoms. The lowest BCUT2D eigenvalue weighted by atomic mass is 10.2. The monoisotopic (exact) mass is 299 g/mol. The van der Waals surface area contributed by atoms with Gasteiger partial charge in [0, 0.05) is 5.02 Å². The van der Waals surface area contributed by atoms with Crippen LogP contribution in [0.2, 0.25) is 10.2 Å². The highest BCUT2D eigenvalue weighted by Crippen LogP contribution is 2.29. The summed E-state index contributed by atoms with van der Waals surface area (Å²) in [5.41, 5.74) is 0.737. The van der Waals surface area contributed by atoms with E-state index in [-0.39, 0.29) is 16.7 Å². The molecule has 2 rings (SSSR count). The van der Waals surface area contributed by atoms with E-state index in [0.717, 1.165) is 0 Å². The zero-order valence-corrected chi connectivity index (χ0v) is 11.6. The van der Waals surface area contributed by atoms with Gasteiger partial charge in [-0.05, 0) is 42.8 Å². The molecule has 4 nitrogen and oxygen atoms in total. The van der Waals surface area contributed by atoms with Gasteiger partial charge in [-0.1, -0.05) is 11.6 Å². The van der Waals surface area contributed by atoms with Crippen molar-refractivity contribution in [1.29, 1.82) is 0 Å². The van der Waals surface area contributed by atoms with E-state index in [0.29, 0.717) is 23.1 Å². The first kappa shape index (κ1) is 13.8. The number of hydrogen-bond donors (Lipinski definition) is 1. The van der Waals surface area contributed by atoms with Crippen LogP contribution in [0.3, 0.4) is 0 Å². The van der Waals surface area contributed by atoms with Crippen molar-refractivity contribution < 1.29 is 13.9 Å². The Morgan fingerprint density at radius 1 is 1.37 bits per heavy atom. The van der Waals surface area contributed by atoms with Crippen LogP contribution in [0.15, 0.2) is 34.9 Å². The second kappa shape index (κ2) is 5.99. The predicted molar refractivity (Wildman–Crippen MR) is 74.3 cm³/mol. The van der Waals surface area contributed by atoms with Crippen molar-refractivity contribution in [3.8, 4) is 5.75 Å². The maximum absolute atomic E-state index is 12.0. The van der Waals surface area contributed by atoms with E-state index in [9.17, 15) is 4.79 Å². The van der Waals surface area contributed by atoms with Crippen LogP contribution in [0, 0.1) is 0 Å². The lowest BCUT2D eigenvalue weighted by Crippen LogP contribution is -2.12. The Kier molecular flexibility index (Phi) is 4.35. The largest absolute Gasteiger partial charge is 0.492 e. The van der Waals surface area contributed by atoms with Crippen LogP contribution in [-0.2, 0) is 0 Å². The molecule has 1 N–H and O–H groups in total. The molecule has 2 aromatic rings. The number of anilines is 1. The van der Waals surface area contributed by atoms with Gasteiger partial charge in [0.25, 0.3) is 5.91 Å². The van der Waals surface area contributed by atoms with Crippen LogP contribution < -0.4 is 10.1 Å². The molecular weight excluding hydrogens is 289 g/mol. The fraction of sp³-hybridized carbons (Fsp3) is 0.154.